The lowest BCUT2D eigenvalue weighted by molar-refractivity contribution is -0.123. The van der Waals surface area contributed by atoms with Crippen LogP contribution < -0.4 is 21.8 Å². The average molecular weight is 594 g/mol. The second kappa shape index (κ2) is 11.5. The van der Waals surface area contributed by atoms with Gasteiger partial charge in [0.1, 0.15) is 6.04 Å². The van der Waals surface area contributed by atoms with Gasteiger partial charge in [-0.1, -0.05) is 23.7 Å². The van der Waals surface area contributed by atoms with Crippen molar-refractivity contribution in [3.63, 3.8) is 0 Å². The van der Waals surface area contributed by atoms with Gasteiger partial charge in [0.15, 0.2) is 17.1 Å². The normalized spacial score (nSPS) is 13.7. The van der Waals surface area contributed by atoms with Crippen LogP contribution in [0.3, 0.4) is 0 Å². The number of carbonyl (C=O) groups excluding carboxylic acids is 3. The number of aromatic amines is 1. The number of pyridine rings is 2. The van der Waals surface area contributed by atoms with E-state index < -0.39 is 40.6 Å². The molecule has 3 amide bonds. The molecule has 0 saturated carbocycles. The van der Waals surface area contributed by atoms with Gasteiger partial charge < -0.3 is 25.2 Å². The molecule has 1 aliphatic rings. The highest BCUT2D eigenvalue weighted by molar-refractivity contribution is 6.30. The van der Waals surface area contributed by atoms with Crippen molar-refractivity contribution in [1.82, 2.24) is 34.7 Å². The fraction of sp³-hybridized carbons (Fsp3) is 0.286. The Morgan fingerprint density at radius 2 is 1.90 bits per heavy atom. The smallest absolute Gasteiger partial charge is 0.347 e. The molecule has 4 N–H and O–H groups in total. The quantitative estimate of drug-likeness (QED) is 0.237. The van der Waals surface area contributed by atoms with E-state index in [1.807, 2.05) is 13.8 Å². The summed E-state index contributed by atoms with van der Waals surface area (Å²) in [4.78, 5) is 65.9. The standard InChI is InChI=1S/C28H28ClN7O6/c1-15(2)34-9-10-35-18(13-21(37)23(38)22(35)27(34)41)14-30-26(40)20(12-16-5-3-6-17(29)11-16)31-25(39)19-7-4-8-36-24(19)32-33-28(36)42/h3-8,11,13,15,20,38H,9-10,12,14H2,1-2H3,(H,30,40)(H,31,39)(H,33,42)/t20-/m1/s1. The number of rotatable bonds is 8. The summed E-state index contributed by atoms with van der Waals surface area (Å²) in [5.74, 6) is -2.33. The number of H-pyrrole nitrogens is 1. The monoisotopic (exact) mass is 593 g/mol. The number of carbonyl (C=O) groups is 3. The van der Waals surface area contributed by atoms with Crippen LogP contribution in [0, 0.1) is 0 Å². The lowest BCUT2D eigenvalue weighted by atomic mass is 10.0. The first-order chi connectivity index (χ1) is 20.0. The molecule has 1 aliphatic heterocycles. The lowest BCUT2D eigenvalue weighted by Crippen LogP contribution is -2.49. The summed E-state index contributed by atoms with van der Waals surface area (Å²) >= 11 is 6.14. The minimum absolute atomic E-state index is 0.0735. The van der Waals surface area contributed by atoms with Gasteiger partial charge in [-0.25, -0.2) is 14.3 Å². The van der Waals surface area contributed by atoms with Crippen LogP contribution >= 0.6 is 11.6 Å². The summed E-state index contributed by atoms with van der Waals surface area (Å²) in [6.45, 7) is 4.20. The Morgan fingerprint density at radius 1 is 1.12 bits per heavy atom. The van der Waals surface area contributed by atoms with E-state index in [0.29, 0.717) is 29.4 Å². The first kappa shape index (κ1) is 28.6. The minimum atomic E-state index is -1.09. The van der Waals surface area contributed by atoms with Gasteiger partial charge in [0, 0.05) is 48.5 Å². The second-order valence-electron chi connectivity index (χ2n) is 10.2. The summed E-state index contributed by atoms with van der Waals surface area (Å²) in [5.41, 5.74) is -0.214. The summed E-state index contributed by atoms with van der Waals surface area (Å²) in [6, 6.07) is 9.77. The molecule has 0 bridgehead atoms. The van der Waals surface area contributed by atoms with E-state index in [9.17, 15) is 29.1 Å². The van der Waals surface area contributed by atoms with Crippen molar-refractivity contribution in [1.29, 1.82) is 0 Å². The van der Waals surface area contributed by atoms with Crippen molar-refractivity contribution in [3.05, 3.63) is 96.9 Å². The van der Waals surface area contributed by atoms with Gasteiger partial charge in [-0.3, -0.25) is 19.2 Å². The third kappa shape index (κ3) is 5.50. The molecule has 218 valence electrons. The Kier molecular flexibility index (Phi) is 7.85. The van der Waals surface area contributed by atoms with Crippen LogP contribution in [0.15, 0.2) is 58.3 Å². The van der Waals surface area contributed by atoms with Gasteiger partial charge in [0.2, 0.25) is 11.3 Å². The van der Waals surface area contributed by atoms with Crippen LogP contribution in [-0.2, 0) is 24.3 Å². The zero-order chi connectivity index (χ0) is 30.1. The first-order valence-corrected chi connectivity index (χ1v) is 13.6. The Balaban J connectivity index is 1.42. The van der Waals surface area contributed by atoms with Gasteiger partial charge >= 0.3 is 5.69 Å². The Hall–Kier alpha value is -4.91. The molecule has 13 nitrogen and oxygen atoms in total. The number of fused-ring (bicyclic) bond motifs is 2. The van der Waals surface area contributed by atoms with E-state index in [1.165, 1.54) is 33.4 Å². The van der Waals surface area contributed by atoms with Crippen molar-refractivity contribution in [2.24, 2.45) is 0 Å². The van der Waals surface area contributed by atoms with Gasteiger partial charge in [0.05, 0.1) is 12.1 Å². The zero-order valence-electron chi connectivity index (χ0n) is 22.8. The number of hydrogen-bond acceptors (Lipinski definition) is 7. The highest BCUT2D eigenvalue weighted by Gasteiger charge is 2.32. The number of benzene rings is 1. The molecule has 0 saturated heterocycles. The number of aromatic hydroxyl groups is 1. The summed E-state index contributed by atoms with van der Waals surface area (Å²) in [7, 11) is 0. The molecule has 3 aromatic heterocycles. The number of nitrogens with zero attached hydrogens (tertiary/aromatic N) is 4. The molecular weight excluding hydrogens is 566 g/mol. The SMILES string of the molecule is CC(C)N1CCn2c(CNC(=O)[C@@H](Cc3cccc(Cl)c3)NC(=O)c3cccn4c(=O)[nH]nc34)cc(=O)c(O)c2C1=O. The maximum atomic E-state index is 13.5. The van der Waals surface area contributed by atoms with Crippen molar-refractivity contribution in [2.75, 3.05) is 6.54 Å². The van der Waals surface area contributed by atoms with Crippen molar-refractivity contribution in [2.45, 2.75) is 45.4 Å². The molecule has 0 aliphatic carbocycles. The molecule has 0 fully saturated rings. The van der Waals surface area contributed by atoms with E-state index in [2.05, 4.69) is 20.8 Å². The molecular formula is C28H28ClN7O6. The van der Waals surface area contributed by atoms with Crippen LogP contribution in [0.1, 0.15) is 46.0 Å². The maximum absolute atomic E-state index is 13.5. The van der Waals surface area contributed by atoms with Gasteiger partial charge in [-0.15, -0.1) is 0 Å². The molecule has 4 heterocycles. The van der Waals surface area contributed by atoms with Crippen molar-refractivity contribution >= 4 is 35.0 Å². The van der Waals surface area contributed by atoms with Crippen LogP contribution in [0.4, 0.5) is 0 Å². The molecule has 4 aromatic rings. The predicted molar refractivity (Wildman–Crippen MR) is 153 cm³/mol. The first-order valence-electron chi connectivity index (χ1n) is 13.2. The van der Waals surface area contributed by atoms with Crippen LogP contribution in [0.25, 0.3) is 5.65 Å². The van der Waals surface area contributed by atoms with E-state index in [1.54, 1.807) is 29.2 Å². The number of hydrogen-bond donors (Lipinski definition) is 4. The number of nitrogens with one attached hydrogen (secondary N) is 3. The van der Waals surface area contributed by atoms with Gasteiger partial charge in [-0.05, 0) is 43.7 Å². The van der Waals surface area contributed by atoms with Crippen LogP contribution in [0.2, 0.25) is 5.02 Å². The minimum Gasteiger partial charge on any atom is -0.503 e. The van der Waals surface area contributed by atoms with E-state index in [4.69, 9.17) is 11.6 Å². The van der Waals surface area contributed by atoms with Crippen LogP contribution in [-0.4, -0.2) is 65.5 Å². The third-order valence-corrected chi connectivity index (χ3v) is 7.34. The lowest BCUT2D eigenvalue weighted by Gasteiger charge is -2.34. The molecule has 5 rings (SSSR count). The topological polar surface area (TPSA) is 171 Å². The van der Waals surface area contributed by atoms with E-state index in [0.717, 1.165) is 0 Å². The van der Waals surface area contributed by atoms with Crippen LogP contribution in [0.5, 0.6) is 5.75 Å². The molecule has 1 aromatic carbocycles. The molecule has 1 atom stereocenters. The Bertz CT molecular complexity index is 1830. The molecule has 42 heavy (non-hydrogen) atoms. The molecule has 0 unspecified atom stereocenters. The third-order valence-electron chi connectivity index (χ3n) is 7.11. The Labute approximate surface area is 243 Å². The van der Waals surface area contributed by atoms with Crippen molar-refractivity contribution in [3.8, 4) is 5.75 Å². The van der Waals surface area contributed by atoms with Gasteiger partial charge in [-0.2, -0.15) is 5.10 Å². The largest absolute Gasteiger partial charge is 0.503 e. The number of halogens is 1. The summed E-state index contributed by atoms with van der Waals surface area (Å²) in [6.07, 6.45) is 1.53. The zero-order valence-corrected chi connectivity index (χ0v) is 23.5. The highest BCUT2D eigenvalue weighted by Crippen LogP contribution is 2.23. The predicted octanol–water partition coefficient (Wildman–Crippen LogP) is 1.06. The van der Waals surface area contributed by atoms with E-state index >= 15 is 0 Å². The molecule has 0 radical (unpaired) electrons. The van der Waals surface area contributed by atoms with Gasteiger partial charge in [0.25, 0.3) is 11.8 Å². The summed E-state index contributed by atoms with van der Waals surface area (Å²) in [5, 5.41) is 22.5. The molecule has 14 heteroatoms. The molecule has 0 spiro atoms. The fourth-order valence-corrected chi connectivity index (χ4v) is 5.21. The Morgan fingerprint density at radius 3 is 2.64 bits per heavy atom. The van der Waals surface area contributed by atoms with E-state index in [-0.39, 0.29) is 35.9 Å². The van der Waals surface area contributed by atoms with Crippen molar-refractivity contribution < 1.29 is 19.5 Å². The number of amides is 3. The number of aromatic nitrogens is 4. The second-order valence-corrected chi connectivity index (χ2v) is 10.6. The fourth-order valence-electron chi connectivity index (χ4n) is 5.00. The highest BCUT2D eigenvalue weighted by atomic mass is 35.5. The average Bonchev–Trinajstić information content (AvgIpc) is 3.34. The summed E-state index contributed by atoms with van der Waals surface area (Å²) < 4.78 is 2.70. The maximum Gasteiger partial charge on any atom is 0.347 e.